The molecule has 1 aliphatic rings. The van der Waals surface area contributed by atoms with E-state index in [0.717, 1.165) is 5.56 Å². The summed E-state index contributed by atoms with van der Waals surface area (Å²) in [6, 6.07) is 9.54. The molecular weight excluding hydrogens is 336 g/mol. The van der Waals surface area contributed by atoms with Gasteiger partial charge in [-0.3, -0.25) is 9.59 Å². The van der Waals surface area contributed by atoms with Crippen LogP contribution < -0.4 is 5.01 Å². The molecule has 0 radical (unpaired) electrons. The maximum absolute atomic E-state index is 12.8. The van der Waals surface area contributed by atoms with Crippen LogP contribution in [0.5, 0.6) is 0 Å². The number of aryl methyl sites for hydroxylation is 1. The summed E-state index contributed by atoms with van der Waals surface area (Å²) >= 11 is 1.29. The standard InChI is InChI=1S/C18H20N4O2S/c1-4-13(23)17-16(12-10-8-7-9-11-12)22(15(24)6-3)21-14(5-2)19-20-18(21)25-17/h7-11H,4-6H2,1-3H3. The van der Waals surface area contributed by atoms with E-state index in [4.69, 9.17) is 0 Å². The molecule has 1 aromatic heterocycles. The molecule has 0 saturated heterocycles. The summed E-state index contributed by atoms with van der Waals surface area (Å²) in [4.78, 5) is 26.0. The minimum Gasteiger partial charge on any atom is -0.294 e. The summed E-state index contributed by atoms with van der Waals surface area (Å²) in [6.07, 6.45) is 1.32. The fraction of sp³-hybridized carbons (Fsp3) is 0.333. The van der Waals surface area contributed by atoms with Gasteiger partial charge in [-0.2, -0.15) is 0 Å². The first-order valence-corrected chi connectivity index (χ1v) is 9.22. The molecule has 2 heterocycles. The molecule has 0 fully saturated rings. The van der Waals surface area contributed by atoms with E-state index in [9.17, 15) is 9.59 Å². The Kier molecular flexibility index (Phi) is 5.03. The molecule has 6 nitrogen and oxygen atoms in total. The van der Waals surface area contributed by atoms with E-state index in [0.29, 0.717) is 40.8 Å². The molecule has 130 valence electrons. The predicted molar refractivity (Wildman–Crippen MR) is 97.4 cm³/mol. The molecule has 1 aromatic carbocycles. The number of Topliss-reactive ketones (excluding diaryl/α,β-unsaturated/α-hetero) is 1. The Morgan fingerprint density at radius 3 is 2.36 bits per heavy atom. The molecule has 7 heteroatoms. The van der Waals surface area contributed by atoms with Gasteiger partial charge in [0.05, 0.1) is 10.6 Å². The number of benzene rings is 1. The minimum absolute atomic E-state index is 0.00921. The average Bonchev–Trinajstić information content (AvgIpc) is 3.08. The number of carbonyl (C=O) groups excluding carboxylic acids is 2. The number of aromatic nitrogens is 3. The lowest BCUT2D eigenvalue weighted by Gasteiger charge is -2.33. The van der Waals surface area contributed by atoms with E-state index in [1.807, 2.05) is 51.1 Å². The SMILES string of the molecule is CCC(=O)C1=C(c2ccccc2)N(C(=O)CC)n2c(CC)nnc2S1. The second-order valence-electron chi connectivity index (χ2n) is 5.55. The van der Waals surface area contributed by atoms with Gasteiger partial charge in [0.1, 0.15) is 0 Å². The highest BCUT2D eigenvalue weighted by Crippen LogP contribution is 2.40. The molecule has 25 heavy (non-hydrogen) atoms. The zero-order chi connectivity index (χ0) is 18.0. The quantitative estimate of drug-likeness (QED) is 0.823. The van der Waals surface area contributed by atoms with Crippen LogP contribution in [0.2, 0.25) is 0 Å². The fourth-order valence-corrected chi connectivity index (χ4v) is 3.80. The summed E-state index contributed by atoms with van der Waals surface area (Å²) in [5.74, 6) is 0.585. The minimum atomic E-state index is -0.101. The van der Waals surface area contributed by atoms with Crippen LogP contribution in [-0.4, -0.2) is 26.6 Å². The van der Waals surface area contributed by atoms with E-state index < -0.39 is 0 Å². The summed E-state index contributed by atoms with van der Waals surface area (Å²) in [5.41, 5.74) is 1.45. The number of nitrogens with zero attached hydrogens (tertiary/aromatic N) is 4. The number of carbonyl (C=O) groups is 2. The lowest BCUT2D eigenvalue weighted by molar-refractivity contribution is -0.119. The molecule has 0 aliphatic carbocycles. The first kappa shape index (κ1) is 17.4. The second-order valence-corrected chi connectivity index (χ2v) is 6.52. The van der Waals surface area contributed by atoms with Crippen LogP contribution in [0.25, 0.3) is 5.70 Å². The molecule has 3 rings (SSSR count). The van der Waals surface area contributed by atoms with E-state index >= 15 is 0 Å². The van der Waals surface area contributed by atoms with Crippen LogP contribution in [0.4, 0.5) is 0 Å². The van der Waals surface area contributed by atoms with Gasteiger partial charge in [0.25, 0.3) is 0 Å². The molecule has 0 bridgehead atoms. The summed E-state index contributed by atoms with van der Waals surface area (Å²) in [5, 5.41) is 10.5. The van der Waals surface area contributed by atoms with Crippen molar-refractivity contribution in [3.8, 4) is 0 Å². The smallest absolute Gasteiger partial charge is 0.246 e. The van der Waals surface area contributed by atoms with Crippen molar-refractivity contribution in [1.29, 1.82) is 0 Å². The van der Waals surface area contributed by atoms with Crippen molar-refractivity contribution < 1.29 is 9.59 Å². The fourth-order valence-electron chi connectivity index (χ4n) is 2.70. The van der Waals surface area contributed by atoms with Gasteiger partial charge in [-0.15, -0.1) is 10.2 Å². The third-order valence-corrected chi connectivity index (χ3v) is 5.04. The number of hydrogen-bond acceptors (Lipinski definition) is 5. The van der Waals surface area contributed by atoms with Crippen molar-refractivity contribution in [2.75, 3.05) is 5.01 Å². The number of thioether (sulfide) groups is 1. The number of ketones is 1. The Morgan fingerprint density at radius 2 is 1.76 bits per heavy atom. The van der Waals surface area contributed by atoms with Crippen LogP contribution >= 0.6 is 11.8 Å². The van der Waals surface area contributed by atoms with Crippen LogP contribution in [0.15, 0.2) is 40.4 Å². The lowest BCUT2D eigenvalue weighted by Crippen LogP contribution is -2.42. The van der Waals surface area contributed by atoms with E-state index in [-0.39, 0.29) is 11.7 Å². The molecule has 0 N–H and O–H groups in total. The number of rotatable bonds is 5. The molecule has 1 aliphatic heterocycles. The van der Waals surface area contributed by atoms with Crippen LogP contribution in [0.1, 0.15) is 45.0 Å². The highest BCUT2D eigenvalue weighted by atomic mass is 32.2. The Balaban J connectivity index is 2.29. The van der Waals surface area contributed by atoms with Crippen molar-refractivity contribution >= 4 is 29.1 Å². The highest BCUT2D eigenvalue weighted by molar-refractivity contribution is 8.04. The van der Waals surface area contributed by atoms with Crippen molar-refractivity contribution in [3.63, 3.8) is 0 Å². The molecule has 0 saturated carbocycles. The van der Waals surface area contributed by atoms with Crippen LogP contribution in [0, 0.1) is 0 Å². The zero-order valence-corrected chi connectivity index (χ0v) is 15.3. The van der Waals surface area contributed by atoms with E-state index in [2.05, 4.69) is 10.2 Å². The number of allylic oxidation sites excluding steroid dienone is 1. The van der Waals surface area contributed by atoms with Crippen molar-refractivity contribution in [3.05, 3.63) is 46.6 Å². The number of fused-ring (bicyclic) bond motifs is 1. The van der Waals surface area contributed by atoms with E-state index in [1.165, 1.54) is 11.8 Å². The Labute approximate surface area is 150 Å². The van der Waals surface area contributed by atoms with Gasteiger partial charge in [-0.05, 0) is 11.8 Å². The highest BCUT2D eigenvalue weighted by Gasteiger charge is 2.35. The number of amides is 1. The van der Waals surface area contributed by atoms with E-state index in [1.54, 1.807) is 9.69 Å². The van der Waals surface area contributed by atoms with Gasteiger partial charge in [0, 0.05) is 24.8 Å². The Bertz CT molecular complexity index is 842. The van der Waals surface area contributed by atoms with Gasteiger partial charge >= 0.3 is 0 Å². The summed E-state index contributed by atoms with van der Waals surface area (Å²) in [6.45, 7) is 5.60. The topological polar surface area (TPSA) is 68.1 Å². The van der Waals surface area contributed by atoms with Crippen molar-refractivity contribution in [2.24, 2.45) is 0 Å². The van der Waals surface area contributed by atoms with Gasteiger partial charge in [0.15, 0.2) is 11.6 Å². The van der Waals surface area contributed by atoms with Crippen molar-refractivity contribution in [1.82, 2.24) is 14.9 Å². The Morgan fingerprint density at radius 1 is 1.04 bits per heavy atom. The molecule has 1 amide bonds. The van der Waals surface area contributed by atoms with Gasteiger partial charge in [0.2, 0.25) is 11.1 Å². The zero-order valence-electron chi connectivity index (χ0n) is 14.5. The predicted octanol–water partition coefficient (Wildman–Crippen LogP) is 3.17. The first-order chi connectivity index (χ1) is 12.1. The molecule has 2 aromatic rings. The largest absolute Gasteiger partial charge is 0.294 e. The molecule has 0 spiro atoms. The first-order valence-electron chi connectivity index (χ1n) is 8.40. The third-order valence-electron chi connectivity index (χ3n) is 3.97. The maximum Gasteiger partial charge on any atom is 0.246 e. The lowest BCUT2D eigenvalue weighted by atomic mass is 10.1. The molecular formula is C18H20N4O2S. The maximum atomic E-state index is 12.8. The van der Waals surface area contributed by atoms with Gasteiger partial charge in [-0.25, -0.2) is 9.69 Å². The summed E-state index contributed by atoms with van der Waals surface area (Å²) < 4.78 is 1.74. The normalized spacial score (nSPS) is 13.8. The molecule has 0 atom stereocenters. The monoisotopic (exact) mass is 356 g/mol. The average molecular weight is 356 g/mol. The van der Waals surface area contributed by atoms with Crippen molar-refractivity contribution in [2.45, 2.75) is 45.2 Å². The van der Waals surface area contributed by atoms with Crippen LogP contribution in [0.3, 0.4) is 0 Å². The van der Waals surface area contributed by atoms with Gasteiger partial charge < -0.3 is 0 Å². The van der Waals surface area contributed by atoms with Gasteiger partial charge in [-0.1, -0.05) is 51.1 Å². The number of hydrogen-bond donors (Lipinski definition) is 0. The second kappa shape index (κ2) is 7.23. The molecule has 0 unspecified atom stereocenters. The van der Waals surface area contributed by atoms with Crippen LogP contribution in [-0.2, 0) is 16.0 Å². The Hall–Kier alpha value is -2.41. The third kappa shape index (κ3) is 3.00. The summed E-state index contributed by atoms with van der Waals surface area (Å²) in [7, 11) is 0.